The van der Waals surface area contributed by atoms with Gasteiger partial charge in [0.1, 0.15) is 11.8 Å². The Hall–Kier alpha value is -2.82. The maximum atomic E-state index is 12.5. The number of nitrogens with zero attached hydrogens (tertiary/aromatic N) is 1. The van der Waals surface area contributed by atoms with Crippen molar-refractivity contribution in [2.24, 2.45) is 0 Å². The van der Waals surface area contributed by atoms with Crippen LogP contribution in [0.1, 0.15) is 25.1 Å². The smallest absolute Gasteiger partial charge is 0.294 e. The van der Waals surface area contributed by atoms with Gasteiger partial charge in [-0.3, -0.25) is 14.5 Å². The molecule has 2 heterocycles. The van der Waals surface area contributed by atoms with Crippen LogP contribution in [-0.2, 0) is 9.59 Å². The molecule has 1 unspecified atom stereocenters. The molecule has 0 saturated heterocycles. The monoisotopic (exact) mass is 297 g/mol. The second-order valence-corrected chi connectivity index (χ2v) is 4.97. The lowest BCUT2D eigenvalue weighted by Gasteiger charge is -2.24. The fraction of sp³-hybridized carbons (Fsp3) is 0.176. The van der Waals surface area contributed by atoms with Crippen LogP contribution >= 0.6 is 0 Å². The largest absolute Gasteiger partial charge is 0.503 e. The molecule has 0 fully saturated rings. The first-order chi connectivity index (χ1) is 10.6. The second kappa shape index (κ2) is 5.52. The molecule has 0 spiro atoms. The van der Waals surface area contributed by atoms with Gasteiger partial charge in [0, 0.05) is 12.1 Å². The van der Waals surface area contributed by atoms with Gasteiger partial charge in [-0.2, -0.15) is 0 Å². The minimum absolute atomic E-state index is 0.0892. The highest BCUT2D eigenvalue weighted by Gasteiger charge is 2.45. The van der Waals surface area contributed by atoms with E-state index in [-0.39, 0.29) is 17.8 Å². The van der Waals surface area contributed by atoms with Gasteiger partial charge in [0.25, 0.3) is 5.91 Å². The van der Waals surface area contributed by atoms with Crippen LogP contribution in [0.5, 0.6) is 0 Å². The van der Waals surface area contributed by atoms with E-state index >= 15 is 0 Å². The molecule has 0 aliphatic carbocycles. The van der Waals surface area contributed by atoms with Gasteiger partial charge < -0.3 is 9.52 Å². The Labute approximate surface area is 127 Å². The molecule has 1 aliphatic heterocycles. The molecule has 3 rings (SSSR count). The third-order valence-corrected chi connectivity index (χ3v) is 3.68. The Bertz CT molecular complexity index is 731. The molecule has 5 heteroatoms. The number of aliphatic hydroxyl groups is 1. The number of para-hydroxylation sites is 1. The van der Waals surface area contributed by atoms with Crippen molar-refractivity contribution in [1.82, 2.24) is 0 Å². The number of anilines is 1. The van der Waals surface area contributed by atoms with Crippen molar-refractivity contribution >= 4 is 17.4 Å². The first-order valence-corrected chi connectivity index (χ1v) is 7.03. The van der Waals surface area contributed by atoms with Crippen LogP contribution in [0.25, 0.3) is 0 Å². The Kier molecular flexibility index (Phi) is 3.55. The zero-order valence-corrected chi connectivity index (χ0v) is 12.0. The van der Waals surface area contributed by atoms with Gasteiger partial charge >= 0.3 is 0 Å². The number of carbonyl (C=O) groups is 2. The van der Waals surface area contributed by atoms with Crippen LogP contribution in [0.4, 0.5) is 5.69 Å². The number of rotatable bonds is 4. The highest BCUT2D eigenvalue weighted by atomic mass is 16.3. The molecule has 0 radical (unpaired) electrons. The first kappa shape index (κ1) is 14.1. The van der Waals surface area contributed by atoms with Crippen LogP contribution < -0.4 is 4.90 Å². The van der Waals surface area contributed by atoms with Gasteiger partial charge in [0.2, 0.25) is 0 Å². The summed E-state index contributed by atoms with van der Waals surface area (Å²) in [5.41, 5.74) is 0.686. The van der Waals surface area contributed by atoms with Crippen LogP contribution in [-0.4, -0.2) is 16.8 Å². The number of benzene rings is 1. The number of amides is 1. The van der Waals surface area contributed by atoms with Crippen LogP contribution in [0.3, 0.4) is 0 Å². The summed E-state index contributed by atoms with van der Waals surface area (Å²) in [4.78, 5) is 26.1. The zero-order chi connectivity index (χ0) is 15.7. The lowest BCUT2D eigenvalue weighted by atomic mass is 9.99. The molecular formula is C17H15NO4. The summed E-state index contributed by atoms with van der Waals surface area (Å²) in [6.07, 6.45) is 1.68. The van der Waals surface area contributed by atoms with Crippen molar-refractivity contribution in [3.8, 4) is 0 Å². The molecule has 5 nitrogen and oxygen atoms in total. The van der Waals surface area contributed by atoms with Gasteiger partial charge in [0.05, 0.1) is 11.8 Å². The fourth-order valence-corrected chi connectivity index (χ4v) is 2.65. The number of furan rings is 1. The third-order valence-electron chi connectivity index (χ3n) is 3.68. The van der Waals surface area contributed by atoms with E-state index in [4.69, 9.17) is 4.42 Å². The van der Waals surface area contributed by atoms with Crippen LogP contribution in [0.15, 0.2) is 64.5 Å². The highest BCUT2D eigenvalue weighted by Crippen LogP contribution is 2.41. The van der Waals surface area contributed by atoms with E-state index in [1.807, 2.05) is 6.07 Å². The van der Waals surface area contributed by atoms with E-state index in [0.717, 1.165) is 0 Å². The van der Waals surface area contributed by atoms with E-state index in [1.54, 1.807) is 43.3 Å². The zero-order valence-electron chi connectivity index (χ0n) is 12.0. The first-order valence-electron chi connectivity index (χ1n) is 7.03. The van der Waals surface area contributed by atoms with Crippen molar-refractivity contribution in [2.45, 2.75) is 19.4 Å². The summed E-state index contributed by atoms with van der Waals surface area (Å²) >= 11 is 0. The van der Waals surface area contributed by atoms with Crippen LogP contribution in [0.2, 0.25) is 0 Å². The molecule has 1 amide bonds. The summed E-state index contributed by atoms with van der Waals surface area (Å²) in [5.74, 6) is -0.926. The Morgan fingerprint density at radius 2 is 1.95 bits per heavy atom. The summed E-state index contributed by atoms with van der Waals surface area (Å²) in [7, 11) is 0. The molecule has 0 bridgehead atoms. The van der Waals surface area contributed by atoms with Crippen LogP contribution in [0, 0.1) is 0 Å². The van der Waals surface area contributed by atoms with E-state index in [0.29, 0.717) is 11.4 Å². The summed E-state index contributed by atoms with van der Waals surface area (Å²) in [5, 5.41) is 10.2. The molecule has 2 aromatic rings. The molecule has 1 N–H and O–H groups in total. The number of hydrogen-bond donors (Lipinski definition) is 1. The molecule has 112 valence electrons. The standard InChI is InChI=1S/C17H15NO4/c1-2-12(19)14-15(13-9-6-10-22-13)18(17(21)16(14)20)11-7-4-3-5-8-11/h3-10,15,20H,2H2,1H3. The van der Waals surface area contributed by atoms with Gasteiger partial charge in [-0.05, 0) is 24.3 Å². The molecule has 0 saturated carbocycles. The minimum Gasteiger partial charge on any atom is -0.503 e. The third kappa shape index (κ3) is 2.11. The van der Waals surface area contributed by atoms with Crippen molar-refractivity contribution < 1.29 is 19.1 Å². The van der Waals surface area contributed by atoms with Gasteiger partial charge in [-0.1, -0.05) is 25.1 Å². The van der Waals surface area contributed by atoms with Crippen molar-refractivity contribution in [3.63, 3.8) is 0 Å². The van der Waals surface area contributed by atoms with E-state index < -0.39 is 17.7 Å². The normalized spacial score (nSPS) is 18.1. The van der Waals surface area contributed by atoms with Crippen molar-refractivity contribution in [3.05, 3.63) is 65.8 Å². The minimum atomic E-state index is -0.739. The molecule has 22 heavy (non-hydrogen) atoms. The summed E-state index contributed by atoms with van der Waals surface area (Å²) in [6.45, 7) is 1.69. The van der Waals surface area contributed by atoms with Gasteiger partial charge in [-0.15, -0.1) is 0 Å². The number of aliphatic hydroxyl groups excluding tert-OH is 1. The quantitative estimate of drug-likeness (QED) is 0.941. The maximum absolute atomic E-state index is 12.5. The van der Waals surface area contributed by atoms with Gasteiger partial charge in [-0.25, -0.2) is 0 Å². The highest BCUT2D eigenvalue weighted by molar-refractivity contribution is 6.16. The predicted octanol–water partition coefficient (Wildman–Crippen LogP) is 3.16. The number of Topliss-reactive ketones (excluding diaryl/α,β-unsaturated/α-hetero) is 1. The average molecular weight is 297 g/mol. The summed E-state index contributed by atoms with van der Waals surface area (Å²) in [6, 6.07) is 11.6. The Balaban J connectivity index is 2.15. The van der Waals surface area contributed by atoms with Crippen molar-refractivity contribution in [2.75, 3.05) is 4.90 Å². The maximum Gasteiger partial charge on any atom is 0.294 e. The Morgan fingerprint density at radius 1 is 1.23 bits per heavy atom. The predicted molar refractivity (Wildman–Crippen MR) is 80.3 cm³/mol. The fourth-order valence-electron chi connectivity index (χ4n) is 2.65. The topological polar surface area (TPSA) is 70.8 Å². The number of hydrogen-bond acceptors (Lipinski definition) is 4. The molecule has 1 aliphatic rings. The lowest BCUT2D eigenvalue weighted by molar-refractivity contribution is -0.118. The average Bonchev–Trinajstić information content (AvgIpc) is 3.15. The molecular weight excluding hydrogens is 282 g/mol. The molecule has 1 aromatic carbocycles. The summed E-state index contributed by atoms with van der Waals surface area (Å²) < 4.78 is 5.40. The molecule has 1 aromatic heterocycles. The number of ketones is 1. The number of carbonyl (C=O) groups excluding carboxylic acids is 2. The van der Waals surface area contributed by atoms with Gasteiger partial charge in [0.15, 0.2) is 11.5 Å². The van der Waals surface area contributed by atoms with Crippen molar-refractivity contribution in [1.29, 1.82) is 0 Å². The Morgan fingerprint density at radius 3 is 2.55 bits per heavy atom. The lowest BCUT2D eigenvalue weighted by Crippen LogP contribution is -2.30. The van der Waals surface area contributed by atoms with E-state index in [2.05, 4.69) is 0 Å². The SMILES string of the molecule is CCC(=O)C1=C(O)C(=O)N(c2ccccc2)C1c1ccco1. The van der Waals surface area contributed by atoms with E-state index in [1.165, 1.54) is 11.2 Å². The van der Waals surface area contributed by atoms with E-state index in [9.17, 15) is 14.7 Å². The second-order valence-electron chi connectivity index (χ2n) is 4.97. The molecule has 1 atom stereocenters.